The Morgan fingerprint density at radius 2 is 2.33 bits per heavy atom. The summed E-state index contributed by atoms with van der Waals surface area (Å²) in [5.74, 6) is -0.259. The second-order valence-electron chi connectivity index (χ2n) is 3.84. The highest BCUT2D eigenvalue weighted by atomic mass is 16.5. The van der Waals surface area contributed by atoms with Gasteiger partial charge in [-0.05, 0) is 30.7 Å². The summed E-state index contributed by atoms with van der Waals surface area (Å²) in [6.07, 6.45) is 1.65. The van der Waals surface area contributed by atoms with Crippen LogP contribution in [0.5, 0.6) is 0 Å². The predicted octanol–water partition coefficient (Wildman–Crippen LogP) is 2.15. The van der Waals surface area contributed by atoms with E-state index in [4.69, 9.17) is 4.74 Å². The Bertz CT molecular complexity index is 604. The summed E-state index contributed by atoms with van der Waals surface area (Å²) in [5.41, 5.74) is 1.89. The molecule has 2 rings (SSSR count). The van der Waals surface area contributed by atoms with Gasteiger partial charge in [-0.15, -0.1) is 4.91 Å². The number of imidazole rings is 1. The van der Waals surface area contributed by atoms with Gasteiger partial charge in [0, 0.05) is 6.20 Å². The maximum atomic E-state index is 11.4. The van der Waals surface area contributed by atoms with Crippen molar-refractivity contribution in [3.8, 4) is 0 Å². The van der Waals surface area contributed by atoms with Gasteiger partial charge < -0.3 is 4.74 Å². The van der Waals surface area contributed by atoms with E-state index in [0.29, 0.717) is 17.9 Å². The van der Waals surface area contributed by atoms with E-state index in [9.17, 15) is 9.70 Å². The molecule has 6 heteroatoms. The fourth-order valence-electron chi connectivity index (χ4n) is 1.80. The van der Waals surface area contributed by atoms with E-state index >= 15 is 0 Å². The smallest absolute Gasteiger partial charge is 0.312 e. The third-order valence-corrected chi connectivity index (χ3v) is 2.59. The molecule has 0 aliphatic heterocycles. The first-order chi connectivity index (χ1) is 8.67. The number of pyridine rings is 1. The van der Waals surface area contributed by atoms with Crippen LogP contribution in [0.1, 0.15) is 18.2 Å². The van der Waals surface area contributed by atoms with Gasteiger partial charge in [0.2, 0.25) is 5.82 Å². The third kappa shape index (κ3) is 2.09. The van der Waals surface area contributed by atoms with Crippen LogP contribution < -0.4 is 0 Å². The number of fused-ring (bicyclic) bond motifs is 1. The first-order valence-corrected chi connectivity index (χ1v) is 5.63. The maximum Gasteiger partial charge on any atom is 0.312 e. The van der Waals surface area contributed by atoms with E-state index in [0.717, 1.165) is 5.56 Å². The minimum atomic E-state index is -0.413. The fraction of sp³-hybridized carbons (Fsp3) is 0.333. The molecular weight excluding hydrogens is 234 g/mol. The lowest BCUT2D eigenvalue weighted by Crippen LogP contribution is -2.07. The van der Waals surface area contributed by atoms with E-state index in [1.165, 1.54) is 0 Å². The molecular formula is C12H13N3O3. The molecule has 0 aliphatic carbocycles. The molecule has 0 saturated heterocycles. The van der Waals surface area contributed by atoms with Crippen molar-refractivity contribution in [1.82, 2.24) is 9.38 Å². The standard InChI is InChI=1S/C12H13N3O3/c1-3-18-10(16)7-9-12(14-17)15-6-4-5-8(2)11(15)13-9/h4-6H,3,7H2,1-2H3. The Morgan fingerprint density at radius 3 is 3.00 bits per heavy atom. The van der Waals surface area contributed by atoms with Gasteiger partial charge in [-0.25, -0.2) is 4.98 Å². The molecule has 0 atom stereocenters. The lowest BCUT2D eigenvalue weighted by Gasteiger charge is -1.98. The highest BCUT2D eigenvalue weighted by Crippen LogP contribution is 2.23. The average Bonchev–Trinajstić information content (AvgIpc) is 2.68. The number of rotatable bonds is 4. The van der Waals surface area contributed by atoms with Crippen LogP contribution in [0, 0.1) is 11.8 Å². The average molecular weight is 247 g/mol. The van der Waals surface area contributed by atoms with Crippen LogP contribution in [0.15, 0.2) is 23.5 Å². The Morgan fingerprint density at radius 1 is 1.56 bits per heavy atom. The van der Waals surface area contributed by atoms with E-state index in [2.05, 4.69) is 10.2 Å². The molecule has 0 fully saturated rings. The molecule has 18 heavy (non-hydrogen) atoms. The van der Waals surface area contributed by atoms with Crippen molar-refractivity contribution in [3.63, 3.8) is 0 Å². The van der Waals surface area contributed by atoms with E-state index < -0.39 is 5.97 Å². The molecule has 2 heterocycles. The molecule has 0 radical (unpaired) electrons. The van der Waals surface area contributed by atoms with Gasteiger partial charge in [0.15, 0.2) is 0 Å². The molecule has 0 unspecified atom stereocenters. The molecule has 0 saturated carbocycles. The van der Waals surface area contributed by atoms with Crippen molar-refractivity contribution >= 4 is 17.4 Å². The normalized spacial score (nSPS) is 10.6. The van der Waals surface area contributed by atoms with Crippen LogP contribution in [0.3, 0.4) is 0 Å². The molecule has 2 aromatic heterocycles. The number of nitrogens with zero attached hydrogens (tertiary/aromatic N) is 3. The summed E-state index contributed by atoms with van der Waals surface area (Å²) in [4.78, 5) is 26.6. The van der Waals surface area contributed by atoms with Crippen LogP contribution >= 0.6 is 0 Å². The van der Waals surface area contributed by atoms with Gasteiger partial charge in [-0.2, -0.15) is 0 Å². The van der Waals surface area contributed by atoms with Gasteiger partial charge in [0.05, 0.1) is 13.0 Å². The van der Waals surface area contributed by atoms with Crippen LogP contribution in [0.25, 0.3) is 5.65 Å². The molecule has 6 nitrogen and oxygen atoms in total. The summed E-state index contributed by atoms with van der Waals surface area (Å²) in [5, 5.41) is 2.96. The van der Waals surface area contributed by atoms with Crippen LogP contribution in [0.4, 0.5) is 5.82 Å². The number of aryl methyl sites for hydroxylation is 1. The first kappa shape index (κ1) is 12.2. The number of hydrogen-bond donors (Lipinski definition) is 0. The second-order valence-corrected chi connectivity index (χ2v) is 3.84. The van der Waals surface area contributed by atoms with Crippen LogP contribution in [0.2, 0.25) is 0 Å². The summed E-state index contributed by atoms with van der Waals surface area (Å²) in [6.45, 7) is 3.91. The molecule has 0 N–H and O–H groups in total. The monoisotopic (exact) mass is 247 g/mol. The number of carbonyl (C=O) groups is 1. The quantitative estimate of drug-likeness (QED) is 0.613. The number of aromatic nitrogens is 2. The molecule has 0 bridgehead atoms. The summed E-state index contributed by atoms with van der Waals surface area (Å²) in [7, 11) is 0. The van der Waals surface area contributed by atoms with Crippen LogP contribution in [-0.2, 0) is 16.0 Å². The summed E-state index contributed by atoms with van der Waals surface area (Å²) in [6, 6.07) is 3.68. The van der Waals surface area contributed by atoms with Gasteiger partial charge in [0.1, 0.15) is 11.3 Å². The zero-order valence-corrected chi connectivity index (χ0v) is 10.2. The molecule has 0 amide bonds. The van der Waals surface area contributed by atoms with E-state index in [-0.39, 0.29) is 12.2 Å². The van der Waals surface area contributed by atoms with Crippen LogP contribution in [-0.4, -0.2) is 22.0 Å². The minimum absolute atomic E-state index is 0.0456. The minimum Gasteiger partial charge on any atom is -0.466 e. The van der Waals surface area contributed by atoms with Gasteiger partial charge in [-0.1, -0.05) is 6.07 Å². The highest BCUT2D eigenvalue weighted by molar-refractivity contribution is 5.74. The summed E-state index contributed by atoms with van der Waals surface area (Å²) < 4.78 is 6.42. The van der Waals surface area contributed by atoms with Gasteiger partial charge in [0.25, 0.3) is 0 Å². The van der Waals surface area contributed by atoms with Crippen molar-refractivity contribution in [2.24, 2.45) is 5.18 Å². The Kier molecular flexibility index (Phi) is 3.36. The van der Waals surface area contributed by atoms with E-state index in [1.54, 1.807) is 23.6 Å². The Labute approximate surface area is 104 Å². The number of carbonyl (C=O) groups excluding carboxylic acids is 1. The van der Waals surface area contributed by atoms with Crippen molar-refractivity contribution in [3.05, 3.63) is 34.5 Å². The first-order valence-electron chi connectivity index (χ1n) is 5.63. The number of hydrogen-bond acceptors (Lipinski definition) is 5. The van der Waals surface area contributed by atoms with Crippen molar-refractivity contribution in [2.75, 3.05) is 6.61 Å². The summed E-state index contributed by atoms with van der Waals surface area (Å²) >= 11 is 0. The lowest BCUT2D eigenvalue weighted by molar-refractivity contribution is -0.142. The molecule has 94 valence electrons. The molecule has 2 aromatic rings. The van der Waals surface area contributed by atoms with E-state index in [1.807, 2.05) is 13.0 Å². The predicted molar refractivity (Wildman–Crippen MR) is 65.7 cm³/mol. The van der Waals surface area contributed by atoms with Gasteiger partial charge >= 0.3 is 5.97 Å². The molecule has 0 aromatic carbocycles. The maximum absolute atomic E-state index is 11.4. The molecule has 0 aliphatic rings. The zero-order chi connectivity index (χ0) is 13.1. The number of ether oxygens (including phenoxy) is 1. The second kappa shape index (κ2) is 4.95. The Hall–Kier alpha value is -2.24. The molecule has 0 spiro atoms. The Balaban J connectivity index is 2.47. The SMILES string of the molecule is CCOC(=O)Cc1nc2c(C)cccn2c1N=O. The number of nitroso groups, excluding NO2 is 1. The van der Waals surface area contributed by atoms with Crippen molar-refractivity contribution in [2.45, 2.75) is 20.3 Å². The lowest BCUT2D eigenvalue weighted by atomic mass is 10.3. The third-order valence-electron chi connectivity index (χ3n) is 2.59. The zero-order valence-electron chi connectivity index (χ0n) is 10.2. The number of esters is 1. The van der Waals surface area contributed by atoms with Crippen molar-refractivity contribution < 1.29 is 9.53 Å². The van der Waals surface area contributed by atoms with Gasteiger partial charge in [-0.3, -0.25) is 9.20 Å². The topological polar surface area (TPSA) is 73.0 Å². The highest BCUT2D eigenvalue weighted by Gasteiger charge is 2.17. The fourth-order valence-corrected chi connectivity index (χ4v) is 1.80. The van der Waals surface area contributed by atoms with Crippen molar-refractivity contribution in [1.29, 1.82) is 0 Å². The largest absolute Gasteiger partial charge is 0.466 e.